The molecule has 1 rings (SSSR count). The average Bonchev–Trinajstić information content (AvgIpc) is 2.12. The van der Waals surface area contributed by atoms with Gasteiger partial charge in [-0.15, -0.1) is 4.90 Å². The van der Waals surface area contributed by atoms with Crippen LogP contribution in [0.1, 0.15) is 5.56 Å². The molecule has 0 atom stereocenters. The van der Waals surface area contributed by atoms with Gasteiger partial charge in [0.05, 0.1) is 0 Å². The van der Waals surface area contributed by atoms with E-state index in [1.54, 1.807) is 0 Å². The Morgan fingerprint density at radius 3 is 1.62 bits per heavy atom. The second-order valence-electron chi connectivity index (χ2n) is 3.01. The van der Waals surface area contributed by atoms with Crippen LogP contribution < -0.4 is 0 Å². The number of halogens is 6. The molecule has 0 radical (unpaired) electrons. The summed E-state index contributed by atoms with van der Waals surface area (Å²) >= 11 is 0. The summed E-state index contributed by atoms with van der Waals surface area (Å²) in [6.45, 7) is -1.24. The van der Waals surface area contributed by atoms with Gasteiger partial charge >= 0.3 is 12.6 Å². The van der Waals surface area contributed by atoms with Crippen molar-refractivity contribution in [2.75, 3.05) is 0 Å². The molecular formula is C9H7F6N. The summed E-state index contributed by atoms with van der Waals surface area (Å²) < 4.78 is 72.6. The van der Waals surface area contributed by atoms with Crippen LogP contribution in [0.4, 0.5) is 26.3 Å². The van der Waals surface area contributed by atoms with Crippen LogP contribution in [0.2, 0.25) is 0 Å². The molecular weight excluding hydrogens is 236 g/mol. The summed E-state index contributed by atoms with van der Waals surface area (Å²) in [6, 6.07) is 6.66. The fourth-order valence-electron chi connectivity index (χ4n) is 1.09. The third-order valence-electron chi connectivity index (χ3n) is 1.80. The Kier molecular flexibility index (Phi) is 3.47. The van der Waals surface area contributed by atoms with Crippen LogP contribution in [0.25, 0.3) is 0 Å². The van der Waals surface area contributed by atoms with Crippen molar-refractivity contribution in [3.05, 3.63) is 35.9 Å². The summed E-state index contributed by atoms with van der Waals surface area (Å²) in [5.41, 5.74) is -0.0582. The first-order valence-electron chi connectivity index (χ1n) is 4.16. The molecule has 90 valence electrons. The van der Waals surface area contributed by atoms with E-state index in [4.69, 9.17) is 0 Å². The highest BCUT2D eigenvalue weighted by Crippen LogP contribution is 2.34. The van der Waals surface area contributed by atoms with Crippen molar-refractivity contribution < 1.29 is 26.3 Å². The van der Waals surface area contributed by atoms with E-state index in [0.717, 1.165) is 0 Å². The van der Waals surface area contributed by atoms with Crippen LogP contribution in [0, 0.1) is 0 Å². The maximum Gasteiger partial charge on any atom is 0.467 e. The highest BCUT2D eigenvalue weighted by molar-refractivity contribution is 5.14. The number of hydrogen-bond acceptors (Lipinski definition) is 1. The molecule has 0 amide bonds. The predicted molar refractivity (Wildman–Crippen MR) is 44.1 cm³/mol. The summed E-state index contributed by atoms with van der Waals surface area (Å²) in [6.07, 6.45) is -10.9. The monoisotopic (exact) mass is 243 g/mol. The molecule has 0 aromatic heterocycles. The first-order chi connectivity index (χ1) is 7.21. The fourth-order valence-corrected chi connectivity index (χ4v) is 1.09. The summed E-state index contributed by atoms with van der Waals surface area (Å²) in [5, 5.41) is 0. The Morgan fingerprint density at radius 2 is 1.25 bits per heavy atom. The quantitative estimate of drug-likeness (QED) is 0.567. The minimum absolute atomic E-state index is 0.0582. The van der Waals surface area contributed by atoms with Crippen LogP contribution in [0.3, 0.4) is 0 Å². The van der Waals surface area contributed by atoms with Crippen molar-refractivity contribution in [1.29, 1.82) is 0 Å². The molecule has 0 aliphatic rings. The predicted octanol–water partition coefficient (Wildman–Crippen LogP) is 3.53. The van der Waals surface area contributed by atoms with E-state index in [-0.39, 0.29) is 5.56 Å². The molecule has 0 spiro atoms. The molecule has 0 bridgehead atoms. The minimum Gasteiger partial charge on any atom is -0.155 e. The number of nitrogens with zero attached hydrogens (tertiary/aromatic N) is 1. The second-order valence-corrected chi connectivity index (χ2v) is 3.01. The normalized spacial score (nSPS) is 13.2. The van der Waals surface area contributed by atoms with E-state index >= 15 is 0 Å². The van der Waals surface area contributed by atoms with Crippen molar-refractivity contribution in [2.45, 2.75) is 19.1 Å². The minimum atomic E-state index is -5.44. The molecule has 0 heterocycles. The first kappa shape index (κ1) is 12.8. The van der Waals surface area contributed by atoms with Gasteiger partial charge in [-0.2, -0.15) is 26.3 Å². The lowest BCUT2D eigenvalue weighted by atomic mass is 10.2. The van der Waals surface area contributed by atoms with Crippen LogP contribution >= 0.6 is 0 Å². The van der Waals surface area contributed by atoms with Gasteiger partial charge in [-0.05, 0) is 5.56 Å². The fraction of sp³-hybridized carbons (Fsp3) is 0.333. The van der Waals surface area contributed by atoms with Gasteiger partial charge in [0.15, 0.2) is 0 Å². The topological polar surface area (TPSA) is 3.24 Å². The van der Waals surface area contributed by atoms with Gasteiger partial charge in [-0.25, -0.2) is 0 Å². The van der Waals surface area contributed by atoms with Gasteiger partial charge in [0.2, 0.25) is 0 Å². The van der Waals surface area contributed by atoms with E-state index in [9.17, 15) is 26.3 Å². The Hall–Kier alpha value is -1.24. The molecule has 7 heteroatoms. The van der Waals surface area contributed by atoms with E-state index in [1.165, 1.54) is 30.3 Å². The van der Waals surface area contributed by atoms with Gasteiger partial charge in [0, 0.05) is 6.54 Å². The molecule has 0 fully saturated rings. The number of hydrogen-bond donors (Lipinski definition) is 0. The number of benzene rings is 1. The molecule has 0 unspecified atom stereocenters. The van der Waals surface area contributed by atoms with Crippen molar-refractivity contribution in [3.63, 3.8) is 0 Å². The van der Waals surface area contributed by atoms with Crippen molar-refractivity contribution in [2.24, 2.45) is 0 Å². The molecule has 0 N–H and O–H groups in total. The van der Waals surface area contributed by atoms with Gasteiger partial charge in [0.1, 0.15) is 0 Å². The number of rotatable bonds is 2. The Labute approximate surface area is 87.3 Å². The lowest BCUT2D eigenvalue weighted by molar-refractivity contribution is -0.377. The van der Waals surface area contributed by atoms with Crippen LogP contribution in [0.5, 0.6) is 0 Å². The molecule has 1 aromatic carbocycles. The van der Waals surface area contributed by atoms with E-state index in [1.807, 2.05) is 0 Å². The van der Waals surface area contributed by atoms with Crippen molar-refractivity contribution >= 4 is 0 Å². The van der Waals surface area contributed by atoms with E-state index in [2.05, 4.69) is 0 Å². The van der Waals surface area contributed by atoms with Crippen LogP contribution in [0.15, 0.2) is 30.3 Å². The van der Waals surface area contributed by atoms with E-state index < -0.39 is 24.0 Å². The highest BCUT2D eigenvalue weighted by Gasteiger charge is 2.53. The zero-order chi connectivity index (χ0) is 12.4. The Balaban J connectivity index is 2.89. The molecule has 16 heavy (non-hydrogen) atoms. The van der Waals surface area contributed by atoms with E-state index in [0.29, 0.717) is 0 Å². The molecule has 1 aromatic rings. The van der Waals surface area contributed by atoms with Crippen LogP contribution in [-0.2, 0) is 6.54 Å². The third kappa shape index (κ3) is 3.41. The summed E-state index contributed by atoms with van der Waals surface area (Å²) in [7, 11) is 0. The highest BCUT2D eigenvalue weighted by atomic mass is 19.4. The van der Waals surface area contributed by atoms with Gasteiger partial charge < -0.3 is 0 Å². The Morgan fingerprint density at radius 1 is 0.812 bits per heavy atom. The second kappa shape index (κ2) is 4.32. The molecule has 0 aliphatic carbocycles. The van der Waals surface area contributed by atoms with Crippen molar-refractivity contribution in [1.82, 2.24) is 4.90 Å². The van der Waals surface area contributed by atoms with Crippen molar-refractivity contribution in [3.8, 4) is 0 Å². The summed E-state index contributed by atoms with van der Waals surface area (Å²) in [4.78, 5) is -1.46. The standard InChI is InChI=1S/C9H7F6N/c10-8(11,12)16(9(13,14)15)6-7-4-2-1-3-5-7/h1-5H,6H2. The first-order valence-corrected chi connectivity index (χ1v) is 4.16. The molecule has 0 saturated carbocycles. The average molecular weight is 243 g/mol. The Bertz CT molecular complexity index is 314. The lowest BCUT2D eigenvalue weighted by Crippen LogP contribution is -2.47. The zero-order valence-electron chi connectivity index (χ0n) is 7.81. The van der Waals surface area contributed by atoms with Gasteiger partial charge in [-0.1, -0.05) is 30.3 Å². The maximum atomic E-state index is 12.1. The third-order valence-corrected chi connectivity index (χ3v) is 1.80. The summed E-state index contributed by atoms with van der Waals surface area (Å²) in [5.74, 6) is 0. The van der Waals surface area contributed by atoms with Gasteiger partial charge in [0.25, 0.3) is 0 Å². The molecule has 0 saturated heterocycles. The maximum absolute atomic E-state index is 12.1. The molecule has 0 aliphatic heterocycles. The lowest BCUT2D eigenvalue weighted by Gasteiger charge is -2.26. The smallest absolute Gasteiger partial charge is 0.155 e. The SMILES string of the molecule is FC(F)(F)N(Cc1ccccc1)C(F)(F)F. The molecule has 1 nitrogen and oxygen atoms in total. The largest absolute Gasteiger partial charge is 0.467 e. The zero-order valence-corrected chi connectivity index (χ0v) is 7.81. The van der Waals surface area contributed by atoms with Gasteiger partial charge in [-0.3, -0.25) is 0 Å². The number of alkyl halides is 6. The van der Waals surface area contributed by atoms with Crippen LogP contribution in [-0.4, -0.2) is 17.5 Å².